The van der Waals surface area contributed by atoms with Gasteiger partial charge in [-0.15, -0.1) is 6.26 Å². The van der Waals surface area contributed by atoms with Crippen molar-refractivity contribution in [2.75, 3.05) is 0 Å². The van der Waals surface area contributed by atoms with E-state index >= 15 is 0 Å². The standard InChI is InChI=1S/C13H12O3.Na/c1-2-9-10-5-3-4-6-12(10)16-13(9)11(15)7-8-14;/h3-8,14H,2H2,1H3;/q;+1/p-1. The zero-order chi connectivity index (χ0) is 11.5. The van der Waals surface area contributed by atoms with Crippen molar-refractivity contribution in [3.63, 3.8) is 0 Å². The Hall–Kier alpha value is -1.03. The number of ketones is 1. The second-order valence-corrected chi connectivity index (χ2v) is 3.43. The minimum absolute atomic E-state index is 0. The number of carbonyl (C=O) groups excluding carboxylic acids is 1. The number of rotatable bonds is 3. The molecular weight excluding hydrogens is 227 g/mol. The van der Waals surface area contributed by atoms with E-state index in [0.29, 0.717) is 18.3 Å². The van der Waals surface area contributed by atoms with E-state index in [0.717, 1.165) is 17.0 Å². The van der Waals surface area contributed by atoms with Crippen LogP contribution in [0.2, 0.25) is 0 Å². The summed E-state index contributed by atoms with van der Waals surface area (Å²) in [6.07, 6.45) is 2.16. The van der Waals surface area contributed by atoms with Gasteiger partial charge in [-0.3, -0.25) is 4.79 Å². The summed E-state index contributed by atoms with van der Waals surface area (Å²) in [5.41, 5.74) is 1.54. The Morgan fingerprint density at radius 1 is 1.41 bits per heavy atom. The van der Waals surface area contributed by atoms with Crippen LogP contribution in [0, 0.1) is 0 Å². The number of benzene rings is 1. The molecule has 0 saturated heterocycles. The van der Waals surface area contributed by atoms with Gasteiger partial charge in [0, 0.05) is 10.9 Å². The summed E-state index contributed by atoms with van der Waals surface area (Å²) in [4.78, 5) is 11.6. The molecule has 2 rings (SSSR count). The maximum atomic E-state index is 11.6. The smallest absolute Gasteiger partial charge is 0.878 e. The molecular formula is C13H11NaO3. The van der Waals surface area contributed by atoms with Gasteiger partial charge in [0.15, 0.2) is 5.76 Å². The van der Waals surface area contributed by atoms with E-state index in [1.807, 2.05) is 31.2 Å². The average molecular weight is 238 g/mol. The molecule has 0 aliphatic carbocycles. The van der Waals surface area contributed by atoms with Crippen LogP contribution in [-0.4, -0.2) is 5.78 Å². The Balaban J connectivity index is 0.00000144. The number of para-hydroxylation sites is 1. The molecule has 0 atom stereocenters. The molecule has 1 aromatic heterocycles. The normalized spacial score (nSPS) is 10.6. The Morgan fingerprint density at radius 3 is 2.76 bits per heavy atom. The predicted molar refractivity (Wildman–Crippen MR) is 59.1 cm³/mol. The molecule has 0 amide bonds. The van der Waals surface area contributed by atoms with Gasteiger partial charge in [-0.25, -0.2) is 0 Å². The first-order valence-corrected chi connectivity index (χ1v) is 5.11. The Labute approximate surface area is 121 Å². The summed E-state index contributed by atoms with van der Waals surface area (Å²) in [6.45, 7) is 1.95. The number of hydrogen-bond donors (Lipinski definition) is 0. The van der Waals surface area contributed by atoms with Crippen LogP contribution < -0.4 is 34.7 Å². The van der Waals surface area contributed by atoms with Crippen molar-refractivity contribution in [2.24, 2.45) is 0 Å². The molecule has 0 spiro atoms. The third kappa shape index (κ3) is 2.63. The first-order valence-electron chi connectivity index (χ1n) is 5.11. The van der Waals surface area contributed by atoms with Gasteiger partial charge in [0.05, 0.1) is 0 Å². The first-order chi connectivity index (χ1) is 7.77. The Bertz CT molecular complexity index is 555. The fourth-order valence-corrected chi connectivity index (χ4v) is 1.79. The molecule has 0 unspecified atom stereocenters. The molecule has 4 heteroatoms. The van der Waals surface area contributed by atoms with Crippen molar-refractivity contribution in [2.45, 2.75) is 13.3 Å². The maximum absolute atomic E-state index is 11.6. The van der Waals surface area contributed by atoms with Crippen LogP contribution in [0.1, 0.15) is 23.0 Å². The average Bonchev–Trinajstić information content (AvgIpc) is 2.67. The summed E-state index contributed by atoms with van der Waals surface area (Å²) in [5, 5.41) is 11.2. The van der Waals surface area contributed by atoms with Crippen LogP contribution >= 0.6 is 0 Å². The number of allylic oxidation sites excluding steroid dienone is 1. The monoisotopic (exact) mass is 238 g/mol. The molecule has 0 radical (unpaired) electrons. The van der Waals surface area contributed by atoms with Gasteiger partial charge >= 0.3 is 29.6 Å². The van der Waals surface area contributed by atoms with Gasteiger partial charge < -0.3 is 9.52 Å². The van der Waals surface area contributed by atoms with Gasteiger partial charge in [0.2, 0.25) is 5.78 Å². The van der Waals surface area contributed by atoms with Gasteiger partial charge in [0.25, 0.3) is 0 Å². The van der Waals surface area contributed by atoms with E-state index in [9.17, 15) is 9.90 Å². The molecule has 0 aliphatic rings. The van der Waals surface area contributed by atoms with Crippen molar-refractivity contribution in [1.82, 2.24) is 0 Å². The van der Waals surface area contributed by atoms with E-state index in [1.165, 1.54) is 0 Å². The quantitative estimate of drug-likeness (QED) is 0.300. The van der Waals surface area contributed by atoms with E-state index in [2.05, 4.69) is 0 Å². The number of hydrogen-bond acceptors (Lipinski definition) is 3. The Kier molecular flexibility index (Phi) is 5.00. The third-order valence-electron chi connectivity index (χ3n) is 2.50. The van der Waals surface area contributed by atoms with Crippen LogP contribution in [0.15, 0.2) is 41.0 Å². The van der Waals surface area contributed by atoms with Crippen molar-refractivity contribution < 1.29 is 43.9 Å². The van der Waals surface area contributed by atoms with Crippen LogP contribution in [0.4, 0.5) is 0 Å². The fourth-order valence-electron chi connectivity index (χ4n) is 1.79. The molecule has 0 aliphatic heterocycles. The van der Waals surface area contributed by atoms with Crippen molar-refractivity contribution in [1.29, 1.82) is 0 Å². The van der Waals surface area contributed by atoms with Crippen molar-refractivity contribution in [3.8, 4) is 0 Å². The van der Waals surface area contributed by atoms with Crippen molar-refractivity contribution in [3.05, 3.63) is 47.9 Å². The van der Waals surface area contributed by atoms with Gasteiger partial charge in [-0.1, -0.05) is 25.1 Å². The molecule has 3 nitrogen and oxygen atoms in total. The molecule has 82 valence electrons. The second-order valence-electron chi connectivity index (χ2n) is 3.43. The van der Waals surface area contributed by atoms with Crippen LogP contribution in [0.3, 0.4) is 0 Å². The number of fused-ring (bicyclic) bond motifs is 1. The summed E-state index contributed by atoms with van der Waals surface area (Å²) in [5.74, 6) is -0.0983. The van der Waals surface area contributed by atoms with Crippen LogP contribution in [-0.2, 0) is 6.42 Å². The molecule has 0 saturated carbocycles. The van der Waals surface area contributed by atoms with Crippen LogP contribution in [0.5, 0.6) is 0 Å². The summed E-state index contributed by atoms with van der Waals surface area (Å²) in [7, 11) is 0. The molecule has 1 aromatic carbocycles. The molecule has 0 N–H and O–H groups in total. The molecule has 0 fully saturated rings. The SMILES string of the molecule is CCc1c(C(=O)C=C[O-])oc2ccccc12.[Na+]. The summed E-state index contributed by atoms with van der Waals surface area (Å²) < 4.78 is 5.46. The zero-order valence-electron chi connectivity index (χ0n) is 9.90. The number of aryl methyl sites for hydroxylation is 1. The van der Waals surface area contributed by atoms with Crippen LogP contribution in [0.25, 0.3) is 11.0 Å². The van der Waals surface area contributed by atoms with E-state index in [1.54, 1.807) is 0 Å². The molecule has 0 bridgehead atoms. The molecule has 17 heavy (non-hydrogen) atoms. The predicted octanol–water partition coefficient (Wildman–Crippen LogP) is -0.944. The largest absolute Gasteiger partial charge is 1.00 e. The maximum Gasteiger partial charge on any atom is 1.00 e. The number of carbonyl (C=O) groups is 1. The van der Waals surface area contributed by atoms with Gasteiger partial charge in [-0.2, -0.15) is 0 Å². The minimum Gasteiger partial charge on any atom is -0.878 e. The number of furan rings is 1. The molecule has 2 aromatic rings. The molecule has 1 heterocycles. The van der Waals surface area contributed by atoms with E-state index < -0.39 is 0 Å². The summed E-state index contributed by atoms with van der Waals surface area (Å²) in [6, 6.07) is 7.47. The van der Waals surface area contributed by atoms with Crippen molar-refractivity contribution >= 4 is 16.8 Å². The topological polar surface area (TPSA) is 53.3 Å². The zero-order valence-corrected chi connectivity index (χ0v) is 11.9. The minimum atomic E-state index is -0.372. The van der Waals surface area contributed by atoms with Gasteiger partial charge in [-0.05, 0) is 18.6 Å². The van der Waals surface area contributed by atoms with E-state index in [-0.39, 0.29) is 41.1 Å². The fraction of sp³-hybridized carbons (Fsp3) is 0.154. The second kappa shape index (κ2) is 6.05. The van der Waals surface area contributed by atoms with Gasteiger partial charge in [0.1, 0.15) is 5.58 Å². The third-order valence-corrected chi connectivity index (χ3v) is 2.50. The Morgan fingerprint density at radius 2 is 2.12 bits per heavy atom. The first kappa shape index (κ1) is 14.0. The summed E-state index contributed by atoms with van der Waals surface area (Å²) >= 11 is 0. The van der Waals surface area contributed by atoms with E-state index in [4.69, 9.17) is 4.42 Å².